The normalized spacial score (nSPS) is 11.7. The first-order valence-electron chi connectivity index (χ1n) is 11.7. The van der Waals surface area contributed by atoms with Crippen LogP contribution in [-0.4, -0.2) is 35.7 Å². The minimum atomic E-state index is -4.83. The van der Waals surface area contributed by atoms with Crippen LogP contribution in [-0.2, 0) is 28.7 Å². The van der Waals surface area contributed by atoms with Crippen LogP contribution in [0.4, 0.5) is 17.6 Å². The maximum Gasteiger partial charge on any atom is 0.419 e. The fourth-order valence-electron chi connectivity index (χ4n) is 3.95. The maximum atomic E-state index is 14.0. The maximum absolute atomic E-state index is 14.0. The summed E-state index contributed by atoms with van der Waals surface area (Å²) >= 11 is 0. The number of carbonyl (C=O) groups excluding carboxylic acids is 3. The number of carbonyl (C=O) groups is 3. The van der Waals surface area contributed by atoms with E-state index in [1.807, 2.05) is 0 Å². The van der Waals surface area contributed by atoms with Crippen molar-refractivity contribution < 1.29 is 36.7 Å². The SMILES string of the molecule is CN(Cc1ccc(C(F)(F)F)c(F)c1)C(=O)c1ccc(-c2ccccc2C=O)cc1CC(=O)OC(C)(C)C. The van der Waals surface area contributed by atoms with Crippen molar-refractivity contribution in [2.24, 2.45) is 0 Å². The number of halogens is 4. The summed E-state index contributed by atoms with van der Waals surface area (Å²) in [6.45, 7) is 4.97. The fraction of sp³-hybridized carbons (Fsp3) is 0.276. The van der Waals surface area contributed by atoms with E-state index < -0.39 is 35.0 Å². The van der Waals surface area contributed by atoms with Gasteiger partial charge in [0.2, 0.25) is 0 Å². The lowest BCUT2D eigenvalue weighted by molar-refractivity contribution is -0.154. The predicted octanol–water partition coefficient (Wildman–Crippen LogP) is 6.48. The average Bonchev–Trinajstić information content (AvgIpc) is 2.81. The van der Waals surface area contributed by atoms with Crippen LogP contribution in [0.1, 0.15) is 58.2 Å². The van der Waals surface area contributed by atoms with Crippen LogP contribution in [0.5, 0.6) is 0 Å². The number of aldehydes is 1. The third kappa shape index (κ3) is 7.06. The first-order valence-corrected chi connectivity index (χ1v) is 11.7. The third-order valence-corrected chi connectivity index (χ3v) is 5.59. The molecule has 0 aliphatic carbocycles. The second kappa shape index (κ2) is 11.2. The number of hydrogen-bond acceptors (Lipinski definition) is 4. The van der Waals surface area contributed by atoms with E-state index >= 15 is 0 Å². The van der Waals surface area contributed by atoms with E-state index in [2.05, 4.69) is 0 Å². The molecule has 0 aliphatic rings. The van der Waals surface area contributed by atoms with Crippen LogP contribution in [0.2, 0.25) is 0 Å². The van der Waals surface area contributed by atoms with Gasteiger partial charge >= 0.3 is 12.1 Å². The molecule has 0 fully saturated rings. The Morgan fingerprint density at radius 1 is 0.974 bits per heavy atom. The molecule has 0 aromatic heterocycles. The van der Waals surface area contributed by atoms with Crippen LogP contribution < -0.4 is 0 Å². The van der Waals surface area contributed by atoms with Crippen molar-refractivity contribution >= 4 is 18.2 Å². The predicted molar refractivity (Wildman–Crippen MR) is 134 cm³/mol. The zero-order valence-corrected chi connectivity index (χ0v) is 21.4. The van der Waals surface area contributed by atoms with Gasteiger partial charge in [-0.1, -0.05) is 36.4 Å². The van der Waals surface area contributed by atoms with E-state index in [-0.39, 0.29) is 24.1 Å². The van der Waals surface area contributed by atoms with Crippen molar-refractivity contribution in [1.29, 1.82) is 0 Å². The van der Waals surface area contributed by atoms with Gasteiger partial charge in [0.15, 0.2) is 6.29 Å². The fourth-order valence-corrected chi connectivity index (χ4v) is 3.95. The summed E-state index contributed by atoms with van der Waals surface area (Å²) in [5, 5.41) is 0. The van der Waals surface area contributed by atoms with E-state index in [1.165, 1.54) is 18.0 Å². The number of amides is 1. The molecule has 0 N–H and O–H groups in total. The molecule has 0 saturated carbocycles. The minimum absolute atomic E-state index is 0.163. The molecule has 0 saturated heterocycles. The van der Waals surface area contributed by atoms with Gasteiger partial charge in [-0.05, 0) is 67.3 Å². The first-order chi connectivity index (χ1) is 17.7. The van der Waals surface area contributed by atoms with Gasteiger partial charge in [-0.3, -0.25) is 14.4 Å². The van der Waals surface area contributed by atoms with Crippen LogP contribution in [0, 0.1) is 5.82 Å². The van der Waals surface area contributed by atoms with Gasteiger partial charge in [-0.2, -0.15) is 13.2 Å². The summed E-state index contributed by atoms with van der Waals surface area (Å²) in [5.74, 6) is -2.53. The lowest BCUT2D eigenvalue weighted by atomic mass is 9.94. The Morgan fingerprint density at radius 2 is 1.66 bits per heavy atom. The standard InChI is InChI=1S/C29H27F4NO4/c1-28(2,3)38-26(36)15-21-14-19(22-8-6-5-7-20(22)17-35)10-11-23(21)27(37)34(4)16-18-9-12-24(25(30)13-18)29(31,32)33/h5-14,17H,15-16H2,1-4H3. The number of nitrogens with zero attached hydrogens (tertiary/aromatic N) is 1. The van der Waals surface area contributed by atoms with Gasteiger partial charge in [-0.25, -0.2) is 4.39 Å². The molecule has 3 rings (SSSR count). The molecular weight excluding hydrogens is 502 g/mol. The molecule has 3 aromatic carbocycles. The number of ether oxygens (including phenoxy) is 1. The highest BCUT2D eigenvalue weighted by Crippen LogP contribution is 2.32. The van der Waals surface area contributed by atoms with Crippen LogP contribution >= 0.6 is 0 Å². The van der Waals surface area contributed by atoms with Gasteiger partial charge in [0.05, 0.1) is 12.0 Å². The number of alkyl halides is 3. The Kier molecular flexibility index (Phi) is 8.39. The summed E-state index contributed by atoms with van der Waals surface area (Å²) in [4.78, 5) is 38.8. The monoisotopic (exact) mass is 529 g/mol. The molecule has 0 aliphatic heterocycles. The number of esters is 1. The highest BCUT2D eigenvalue weighted by Gasteiger charge is 2.34. The summed E-state index contributed by atoms with van der Waals surface area (Å²) in [6, 6.07) is 14.1. The zero-order valence-electron chi connectivity index (χ0n) is 21.4. The van der Waals surface area contributed by atoms with Gasteiger partial charge in [-0.15, -0.1) is 0 Å². The molecule has 5 nitrogen and oxygen atoms in total. The van der Waals surface area contributed by atoms with Crippen LogP contribution in [0.25, 0.3) is 11.1 Å². The van der Waals surface area contributed by atoms with E-state index in [0.29, 0.717) is 34.6 Å². The Hall–Kier alpha value is -4.01. The Bertz CT molecular complexity index is 1360. The molecule has 0 atom stereocenters. The van der Waals surface area contributed by atoms with Crippen LogP contribution in [0.15, 0.2) is 60.7 Å². The Balaban J connectivity index is 1.96. The van der Waals surface area contributed by atoms with Crippen molar-refractivity contribution in [3.63, 3.8) is 0 Å². The van der Waals surface area contributed by atoms with Crippen molar-refractivity contribution in [2.45, 2.75) is 45.5 Å². The molecule has 0 heterocycles. The van der Waals surface area contributed by atoms with E-state index in [4.69, 9.17) is 4.74 Å². The molecule has 0 unspecified atom stereocenters. The molecule has 38 heavy (non-hydrogen) atoms. The Morgan fingerprint density at radius 3 is 2.26 bits per heavy atom. The molecular formula is C29H27F4NO4. The average molecular weight is 530 g/mol. The molecule has 3 aromatic rings. The molecule has 1 amide bonds. The zero-order chi connectivity index (χ0) is 28.3. The topological polar surface area (TPSA) is 63.7 Å². The highest BCUT2D eigenvalue weighted by molar-refractivity contribution is 5.98. The summed E-state index contributed by atoms with van der Waals surface area (Å²) in [7, 11) is 1.42. The molecule has 200 valence electrons. The van der Waals surface area contributed by atoms with Crippen molar-refractivity contribution in [3.8, 4) is 11.1 Å². The summed E-state index contributed by atoms with van der Waals surface area (Å²) in [6.07, 6.45) is -4.36. The molecule has 9 heteroatoms. The van der Waals surface area contributed by atoms with Gasteiger partial charge in [0, 0.05) is 24.7 Å². The first kappa shape index (κ1) is 28.6. The number of rotatable bonds is 7. The second-order valence-electron chi connectivity index (χ2n) is 9.81. The quantitative estimate of drug-likeness (QED) is 0.200. The summed E-state index contributed by atoms with van der Waals surface area (Å²) < 4.78 is 58.1. The van der Waals surface area contributed by atoms with Gasteiger partial charge in [0.1, 0.15) is 11.4 Å². The van der Waals surface area contributed by atoms with E-state index in [1.54, 1.807) is 57.2 Å². The molecule has 0 spiro atoms. The number of benzene rings is 3. The third-order valence-electron chi connectivity index (χ3n) is 5.59. The van der Waals surface area contributed by atoms with Crippen molar-refractivity contribution in [3.05, 3.63) is 94.3 Å². The van der Waals surface area contributed by atoms with E-state index in [9.17, 15) is 31.9 Å². The van der Waals surface area contributed by atoms with Crippen molar-refractivity contribution in [1.82, 2.24) is 4.90 Å². The lowest BCUT2D eigenvalue weighted by Gasteiger charge is -2.22. The lowest BCUT2D eigenvalue weighted by Crippen LogP contribution is -2.29. The largest absolute Gasteiger partial charge is 0.460 e. The van der Waals surface area contributed by atoms with Gasteiger partial charge in [0.25, 0.3) is 5.91 Å². The van der Waals surface area contributed by atoms with Crippen LogP contribution in [0.3, 0.4) is 0 Å². The minimum Gasteiger partial charge on any atom is -0.460 e. The number of hydrogen-bond donors (Lipinski definition) is 0. The smallest absolute Gasteiger partial charge is 0.419 e. The van der Waals surface area contributed by atoms with Gasteiger partial charge < -0.3 is 9.64 Å². The summed E-state index contributed by atoms with van der Waals surface area (Å²) in [5.41, 5.74) is 0.169. The molecule has 0 radical (unpaired) electrons. The Labute approximate surface area is 218 Å². The van der Waals surface area contributed by atoms with Crippen molar-refractivity contribution in [2.75, 3.05) is 7.05 Å². The molecule has 0 bridgehead atoms. The van der Waals surface area contributed by atoms with E-state index in [0.717, 1.165) is 12.1 Å². The second-order valence-corrected chi connectivity index (χ2v) is 9.81. The highest BCUT2D eigenvalue weighted by atomic mass is 19.4.